The Morgan fingerprint density at radius 2 is 2.05 bits per heavy atom. The zero-order valence-electron chi connectivity index (χ0n) is 12.6. The highest BCUT2D eigenvalue weighted by Crippen LogP contribution is 2.42. The van der Waals surface area contributed by atoms with E-state index in [4.69, 9.17) is 9.47 Å². The Balaban J connectivity index is 2.02. The van der Waals surface area contributed by atoms with Crippen LogP contribution in [0.5, 0.6) is 11.5 Å². The number of carbonyl (C=O) groups excluding carboxylic acids is 2. The topological polar surface area (TPSA) is 79.9 Å². The van der Waals surface area contributed by atoms with Crippen LogP contribution in [0.3, 0.4) is 0 Å². The number of fused-ring (bicyclic) bond motifs is 2. The van der Waals surface area contributed by atoms with Crippen molar-refractivity contribution in [1.29, 1.82) is 0 Å². The highest BCUT2D eigenvalue weighted by Gasteiger charge is 2.34. The van der Waals surface area contributed by atoms with E-state index in [-0.39, 0.29) is 24.4 Å². The molecule has 1 aromatic carbocycles. The molecule has 2 aliphatic rings. The Morgan fingerprint density at radius 1 is 1.36 bits per heavy atom. The molecule has 0 aromatic heterocycles. The van der Waals surface area contributed by atoms with E-state index in [1.54, 1.807) is 13.1 Å². The van der Waals surface area contributed by atoms with E-state index in [1.807, 2.05) is 13.0 Å². The Hall–Kier alpha value is -2.44. The lowest BCUT2D eigenvalue weighted by Gasteiger charge is -2.35. The summed E-state index contributed by atoms with van der Waals surface area (Å²) in [5.74, 6) is 0.916. The molecule has 0 saturated heterocycles. The summed E-state index contributed by atoms with van der Waals surface area (Å²) in [5, 5.41) is 5.76. The normalized spacial score (nSPS) is 19.3. The first-order valence-electron chi connectivity index (χ1n) is 7.36. The molecule has 7 heteroatoms. The third-order valence-corrected chi connectivity index (χ3v) is 3.83. The number of anilines is 2. The highest BCUT2D eigenvalue weighted by molar-refractivity contribution is 6.08. The number of nitrogens with zero attached hydrogens (tertiary/aromatic N) is 1. The molecule has 1 atom stereocenters. The molecular formula is C15H19N3O4. The number of rotatable bonds is 3. The molecule has 2 amide bonds. The van der Waals surface area contributed by atoms with E-state index in [2.05, 4.69) is 10.6 Å². The molecule has 2 N–H and O–H groups in total. The van der Waals surface area contributed by atoms with Crippen LogP contribution in [0.4, 0.5) is 11.4 Å². The summed E-state index contributed by atoms with van der Waals surface area (Å²) in [6.07, 6.45) is 0.636. The standard InChI is InChI=1S/C15H19N3O4/c1-3-9-15(20)18(8-14(19)16-2)11-7-13-12(6-10(11)17-9)21-4-5-22-13/h6-7,9,17H,3-5,8H2,1-2H3,(H,16,19). The Labute approximate surface area is 128 Å². The van der Waals surface area contributed by atoms with Crippen LogP contribution in [-0.4, -0.2) is 44.7 Å². The maximum atomic E-state index is 12.6. The molecule has 22 heavy (non-hydrogen) atoms. The summed E-state index contributed by atoms with van der Waals surface area (Å²) < 4.78 is 11.1. The van der Waals surface area contributed by atoms with E-state index in [9.17, 15) is 9.59 Å². The number of amides is 2. The molecule has 118 valence electrons. The smallest absolute Gasteiger partial charge is 0.250 e. The van der Waals surface area contributed by atoms with Gasteiger partial charge in [-0.2, -0.15) is 0 Å². The van der Waals surface area contributed by atoms with Gasteiger partial charge >= 0.3 is 0 Å². The average Bonchev–Trinajstić information content (AvgIpc) is 2.55. The maximum Gasteiger partial charge on any atom is 0.250 e. The van der Waals surface area contributed by atoms with Crippen molar-refractivity contribution in [2.24, 2.45) is 0 Å². The summed E-state index contributed by atoms with van der Waals surface area (Å²) in [4.78, 5) is 25.8. The Kier molecular flexibility index (Phi) is 3.79. The fourth-order valence-corrected chi connectivity index (χ4v) is 2.64. The van der Waals surface area contributed by atoms with Crippen molar-refractivity contribution in [2.75, 3.05) is 37.0 Å². The fourth-order valence-electron chi connectivity index (χ4n) is 2.64. The van der Waals surface area contributed by atoms with E-state index in [0.29, 0.717) is 36.8 Å². The summed E-state index contributed by atoms with van der Waals surface area (Å²) in [6, 6.07) is 3.24. The number of hydrogen-bond donors (Lipinski definition) is 2. The van der Waals surface area contributed by atoms with Crippen molar-refractivity contribution in [1.82, 2.24) is 5.32 Å². The monoisotopic (exact) mass is 305 g/mol. The second kappa shape index (κ2) is 5.75. The van der Waals surface area contributed by atoms with Crippen LogP contribution in [0.2, 0.25) is 0 Å². The van der Waals surface area contributed by atoms with E-state index in [0.717, 1.165) is 5.69 Å². The molecule has 1 unspecified atom stereocenters. The van der Waals surface area contributed by atoms with Crippen LogP contribution >= 0.6 is 0 Å². The van der Waals surface area contributed by atoms with E-state index in [1.165, 1.54) is 4.90 Å². The zero-order valence-corrected chi connectivity index (χ0v) is 12.6. The van der Waals surface area contributed by atoms with Crippen LogP contribution in [0.15, 0.2) is 12.1 Å². The largest absolute Gasteiger partial charge is 0.486 e. The molecule has 0 spiro atoms. The molecule has 0 bridgehead atoms. The summed E-state index contributed by atoms with van der Waals surface area (Å²) in [5.41, 5.74) is 1.42. The lowest BCUT2D eigenvalue weighted by molar-refractivity contribution is -0.124. The van der Waals surface area contributed by atoms with Gasteiger partial charge in [0.2, 0.25) is 11.8 Å². The second-order valence-electron chi connectivity index (χ2n) is 5.22. The van der Waals surface area contributed by atoms with Gasteiger partial charge in [-0.05, 0) is 6.42 Å². The third-order valence-electron chi connectivity index (χ3n) is 3.83. The second-order valence-corrected chi connectivity index (χ2v) is 5.22. The van der Waals surface area contributed by atoms with E-state index >= 15 is 0 Å². The summed E-state index contributed by atoms with van der Waals surface area (Å²) >= 11 is 0. The quantitative estimate of drug-likeness (QED) is 0.861. The SMILES string of the molecule is CCC1Nc2cc3c(cc2N(CC(=O)NC)C1=O)OCCO3. The van der Waals surface area contributed by atoms with Gasteiger partial charge in [-0.3, -0.25) is 14.5 Å². The predicted octanol–water partition coefficient (Wildman–Crippen LogP) is 0.741. The highest BCUT2D eigenvalue weighted by atomic mass is 16.6. The fraction of sp³-hybridized carbons (Fsp3) is 0.467. The molecular weight excluding hydrogens is 286 g/mol. The number of hydrogen-bond acceptors (Lipinski definition) is 5. The van der Waals surface area contributed by atoms with Crippen molar-refractivity contribution in [2.45, 2.75) is 19.4 Å². The van der Waals surface area contributed by atoms with Crippen LogP contribution in [0, 0.1) is 0 Å². The molecule has 1 aromatic rings. The first-order valence-corrected chi connectivity index (χ1v) is 7.36. The van der Waals surface area contributed by atoms with Gasteiger partial charge in [0.1, 0.15) is 25.8 Å². The maximum absolute atomic E-state index is 12.6. The lowest BCUT2D eigenvalue weighted by Crippen LogP contribution is -2.50. The van der Waals surface area contributed by atoms with E-state index < -0.39 is 0 Å². The molecule has 0 fully saturated rings. The van der Waals surface area contributed by atoms with Gasteiger partial charge in [-0.1, -0.05) is 6.92 Å². The Morgan fingerprint density at radius 3 is 2.68 bits per heavy atom. The van der Waals surface area contributed by atoms with Crippen molar-refractivity contribution in [3.05, 3.63) is 12.1 Å². The lowest BCUT2D eigenvalue weighted by atomic mass is 10.1. The van der Waals surface area contributed by atoms with Crippen molar-refractivity contribution >= 4 is 23.2 Å². The zero-order chi connectivity index (χ0) is 15.7. The summed E-state index contributed by atoms with van der Waals surface area (Å²) in [7, 11) is 1.55. The van der Waals surface area contributed by atoms with Gasteiger partial charge in [0.05, 0.1) is 11.4 Å². The minimum atomic E-state index is -0.347. The van der Waals surface area contributed by atoms with Gasteiger partial charge in [0, 0.05) is 19.2 Å². The molecule has 2 heterocycles. The van der Waals surface area contributed by atoms with Crippen molar-refractivity contribution in [3.63, 3.8) is 0 Å². The van der Waals surface area contributed by atoms with Crippen LogP contribution < -0.4 is 25.0 Å². The van der Waals surface area contributed by atoms with Crippen molar-refractivity contribution < 1.29 is 19.1 Å². The van der Waals surface area contributed by atoms with Gasteiger partial charge < -0.3 is 20.1 Å². The molecule has 7 nitrogen and oxygen atoms in total. The average molecular weight is 305 g/mol. The number of ether oxygens (including phenoxy) is 2. The Bertz CT molecular complexity index is 617. The van der Waals surface area contributed by atoms with Crippen LogP contribution in [0.1, 0.15) is 13.3 Å². The molecule has 3 rings (SSSR count). The molecule has 0 radical (unpaired) electrons. The van der Waals surface area contributed by atoms with Gasteiger partial charge in [-0.15, -0.1) is 0 Å². The molecule has 2 aliphatic heterocycles. The third kappa shape index (κ3) is 2.43. The van der Waals surface area contributed by atoms with Crippen molar-refractivity contribution in [3.8, 4) is 11.5 Å². The van der Waals surface area contributed by atoms with Crippen LogP contribution in [0.25, 0.3) is 0 Å². The first-order chi connectivity index (χ1) is 10.6. The van der Waals surface area contributed by atoms with Gasteiger partial charge in [0.15, 0.2) is 11.5 Å². The number of carbonyl (C=O) groups is 2. The predicted molar refractivity (Wildman–Crippen MR) is 81.6 cm³/mol. The number of likely N-dealkylation sites (N-methyl/N-ethyl adjacent to an activating group) is 1. The summed E-state index contributed by atoms with van der Waals surface area (Å²) in [6.45, 7) is 2.89. The minimum Gasteiger partial charge on any atom is -0.486 e. The number of benzene rings is 1. The molecule has 0 aliphatic carbocycles. The first kappa shape index (κ1) is 14.5. The van der Waals surface area contributed by atoms with Gasteiger partial charge in [0.25, 0.3) is 0 Å². The molecule has 0 saturated carbocycles. The van der Waals surface area contributed by atoms with Crippen LogP contribution in [-0.2, 0) is 9.59 Å². The minimum absolute atomic E-state index is 0.0137. The van der Waals surface area contributed by atoms with Gasteiger partial charge in [-0.25, -0.2) is 0 Å². The number of nitrogens with one attached hydrogen (secondary N) is 2.